The second-order valence-corrected chi connectivity index (χ2v) is 6.44. The lowest BCUT2D eigenvalue weighted by atomic mass is 9.85. The van der Waals surface area contributed by atoms with Crippen LogP contribution in [0.1, 0.15) is 25.7 Å². The number of halogens is 2. The van der Waals surface area contributed by atoms with Gasteiger partial charge in [-0.15, -0.1) is 0 Å². The van der Waals surface area contributed by atoms with Gasteiger partial charge in [0.2, 0.25) is 5.91 Å². The van der Waals surface area contributed by atoms with Gasteiger partial charge in [-0.1, -0.05) is 36.7 Å². The van der Waals surface area contributed by atoms with Gasteiger partial charge in [0.05, 0.1) is 15.4 Å². The molecule has 0 spiro atoms. The van der Waals surface area contributed by atoms with Crippen LogP contribution in [0.2, 0.25) is 5.02 Å². The Morgan fingerprint density at radius 1 is 1.42 bits per heavy atom. The van der Waals surface area contributed by atoms with Crippen molar-refractivity contribution in [3.63, 3.8) is 0 Å². The van der Waals surface area contributed by atoms with Crippen molar-refractivity contribution in [2.75, 3.05) is 5.32 Å². The topological polar surface area (TPSA) is 55.1 Å². The lowest BCUT2D eigenvalue weighted by molar-refractivity contribution is -0.122. The molecular formula is C13H14BrClN2OS. The summed E-state index contributed by atoms with van der Waals surface area (Å²) in [6, 6.07) is 5.25. The van der Waals surface area contributed by atoms with Crippen LogP contribution in [0.25, 0.3) is 0 Å². The summed E-state index contributed by atoms with van der Waals surface area (Å²) in [4.78, 5) is 12.7. The van der Waals surface area contributed by atoms with Gasteiger partial charge in [0.25, 0.3) is 0 Å². The summed E-state index contributed by atoms with van der Waals surface area (Å²) in [6.45, 7) is 0. The van der Waals surface area contributed by atoms with Crippen molar-refractivity contribution in [2.24, 2.45) is 11.1 Å². The molecule has 0 radical (unpaired) electrons. The quantitative estimate of drug-likeness (QED) is 0.803. The van der Waals surface area contributed by atoms with Crippen molar-refractivity contribution in [3.05, 3.63) is 27.7 Å². The molecule has 0 aliphatic heterocycles. The highest BCUT2D eigenvalue weighted by Crippen LogP contribution is 2.39. The number of carbonyl (C=O) groups excluding carboxylic acids is 1. The van der Waals surface area contributed by atoms with E-state index in [1.165, 1.54) is 0 Å². The number of rotatable bonds is 3. The smallest absolute Gasteiger partial charge is 0.237 e. The Hall–Kier alpha value is -0.650. The average molecular weight is 362 g/mol. The maximum absolute atomic E-state index is 12.4. The first-order valence-electron chi connectivity index (χ1n) is 6.02. The summed E-state index contributed by atoms with van der Waals surface area (Å²) in [6.07, 6.45) is 3.41. The van der Waals surface area contributed by atoms with Gasteiger partial charge < -0.3 is 11.1 Å². The number of benzene rings is 1. The zero-order valence-electron chi connectivity index (χ0n) is 10.2. The van der Waals surface area contributed by atoms with Crippen molar-refractivity contribution in [1.82, 2.24) is 0 Å². The number of hydrogen-bond acceptors (Lipinski definition) is 2. The highest BCUT2D eigenvalue weighted by molar-refractivity contribution is 9.10. The molecule has 1 aliphatic carbocycles. The summed E-state index contributed by atoms with van der Waals surface area (Å²) < 4.78 is 0.739. The standard InChI is InChI=1S/C13H14BrClN2OS/c14-9-7-8(3-4-10(9)15)17-12(18)13(11(16)19)5-1-2-6-13/h3-4,7H,1-2,5-6H2,(H2,16,19)(H,17,18). The molecule has 1 aliphatic rings. The number of carbonyl (C=O) groups is 1. The molecule has 0 aromatic heterocycles. The Balaban J connectivity index is 2.20. The highest BCUT2D eigenvalue weighted by Gasteiger charge is 2.43. The number of hydrogen-bond donors (Lipinski definition) is 2. The molecular weight excluding hydrogens is 348 g/mol. The Morgan fingerprint density at radius 2 is 2.05 bits per heavy atom. The van der Waals surface area contributed by atoms with Crippen LogP contribution in [0.4, 0.5) is 5.69 Å². The lowest BCUT2D eigenvalue weighted by Gasteiger charge is -2.26. The fourth-order valence-electron chi connectivity index (χ4n) is 2.39. The molecule has 1 aromatic carbocycles. The second-order valence-electron chi connectivity index (χ2n) is 4.74. The number of anilines is 1. The maximum Gasteiger partial charge on any atom is 0.237 e. The molecule has 19 heavy (non-hydrogen) atoms. The van der Waals surface area contributed by atoms with Gasteiger partial charge in [0, 0.05) is 10.2 Å². The van der Waals surface area contributed by atoms with E-state index in [9.17, 15) is 4.79 Å². The molecule has 1 fully saturated rings. The second kappa shape index (κ2) is 5.77. The molecule has 2 rings (SSSR count). The van der Waals surface area contributed by atoms with Crippen LogP contribution in [0, 0.1) is 5.41 Å². The predicted octanol–water partition coefficient (Wildman–Crippen LogP) is 3.89. The molecule has 0 atom stereocenters. The average Bonchev–Trinajstić information content (AvgIpc) is 2.84. The molecule has 1 amide bonds. The largest absolute Gasteiger partial charge is 0.392 e. The summed E-state index contributed by atoms with van der Waals surface area (Å²) in [5.74, 6) is -0.119. The summed E-state index contributed by atoms with van der Waals surface area (Å²) >= 11 is 14.3. The van der Waals surface area contributed by atoms with Crippen LogP contribution in [-0.4, -0.2) is 10.9 Å². The van der Waals surface area contributed by atoms with Gasteiger partial charge in [-0.3, -0.25) is 4.79 Å². The first-order valence-corrected chi connectivity index (χ1v) is 7.60. The van der Waals surface area contributed by atoms with E-state index in [0.717, 1.165) is 30.2 Å². The van der Waals surface area contributed by atoms with Crippen molar-refractivity contribution in [1.29, 1.82) is 0 Å². The van der Waals surface area contributed by atoms with Gasteiger partial charge in [0.1, 0.15) is 0 Å². The number of nitrogens with one attached hydrogen (secondary N) is 1. The van der Waals surface area contributed by atoms with Gasteiger partial charge in [-0.25, -0.2) is 0 Å². The summed E-state index contributed by atoms with van der Waals surface area (Å²) in [5, 5.41) is 3.48. The van der Waals surface area contributed by atoms with Crippen LogP contribution < -0.4 is 11.1 Å². The Morgan fingerprint density at radius 3 is 2.58 bits per heavy atom. The van der Waals surface area contributed by atoms with Crippen molar-refractivity contribution >= 4 is 56.3 Å². The zero-order chi connectivity index (χ0) is 14.0. The maximum atomic E-state index is 12.4. The van der Waals surface area contributed by atoms with Gasteiger partial charge in [-0.2, -0.15) is 0 Å². The van der Waals surface area contributed by atoms with E-state index >= 15 is 0 Å². The Bertz CT molecular complexity index is 529. The zero-order valence-corrected chi connectivity index (χ0v) is 13.4. The minimum atomic E-state index is -0.693. The molecule has 3 N–H and O–H groups in total. The van der Waals surface area contributed by atoms with E-state index in [1.807, 2.05) is 0 Å². The van der Waals surface area contributed by atoms with Crippen molar-refractivity contribution in [3.8, 4) is 0 Å². The molecule has 1 saturated carbocycles. The predicted molar refractivity (Wildman–Crippen MR) is 85.5 cm³/mol. The van der Waals surface area contributed by atoms with Crippen molar-refractivity contribution < 1.29 is 4.79 Å². The van der Waals surface area contributed by atoms with E-state index < -0.39 is 5.41 Å². The number of amides is 1. The minimum absolute atomic E-state index is 0.119. The Kier molecular flexibility index (Phi) is 4.48. The third kappa shape index (κ3) is 2.93. The molecule has 102 valence electrons. The first-order chi connectivity index (χ1) is 8.95. The molecule has 6 heteroatoms. The fraction of sp³-hybridized carbons (Fsp3) is 0.385. The van der Waals surface area contributed by atoms with Gasteiger partial charge in [0.15, 0.2) is 0 Å². The lowest BCUT2D eigenvalue weighted by Crippen LogP contribution is -2.43. The van der Waals surface area contributed by atoms with Gasteiger partial charge >= 0.3 is 0 Å². The fourth-order valence-corrected chi connectivity index (χ4v) is 3.18. The van der Waals surface area contributed by atoms with Crippen LogP contribution in [0.15, 0.2) is 22.7 Å². The normalized spacial score (nSPS) is 17.2. The number of thiocarbonyl (C=S) groups is 1. The molecule has 0 unspecified atom stereocenters. The molecule has 0 bridgehead atoms. The van der Waals surface area contributed by atoms with Crippen LogP contribution >= 0.6 is 39.7 Å². The van der Waals surface area contributed by atoms with Gasteiger partial charge in [-0.05, 0) is 47.0 Å². The van der Waals surface area contributed by atoms with Crippen LogP contribution in [-0.2, 0) is 4.79 Å². The molecule has 0 saturated heterocycles. The van der Waals surface area contributed by atoms with E-state index in [4.69, 9.17) is 29.6 Å². The van der Waals surface area contributed by atoms with Crippen LogP contribution in [0.3, 0.4) is 0 Å². The highest BCUT2D eigenvalue weighted by atomic mass is 79.9. The van der Waals surface area contributed by atoms with E-state index in [2.05, 4.69) is 21.2 Å². The monoisotopic (exact) mass is 360 g/mol. The summed E-state index contributed by atoms with van der Waals surface area (Å²) in [7, 11) is 0. The molecule has 0 heterocycles. The third-order valence-electron chi connectivity index (χ3n) is 3.54. The first kappa shape index (κ1) is 14.8. The van der Waals surface area contributed by atoms with Crippen molar-refractivity contribution in [2.45, 2.75) is 25.7 Å². The summed E-state index contributed by atoms with van der Waals surface area (Å²) in [5.41, 5.74) is 5.77. The molecule has 1 aromatic rings. The number of nitrogens with two attached hydrogens (primary N) is 1. The third-order valence-corrected chi connectivity index (χ3v) is 5.15. The Labute approximate surface area is 131 Å². The van der Waals surface area contributed by atoms with E-state index in [-0.39, 0.29) is 10.9 Å². The van der Waals surface area contributed by atoms with E-state index in [0.29, 0.717) is 10.7 Å². The SMILES string of the molecule is NC(=S)C1(C(=O)Nc2ccc(Cl)c(Br)c2)CCCC1. The minimum Gasteiger partial charge on any atom is -0.392 e. The molecule has 3 nitrogen and oxygen atoms in total. The van der Waals surface area contributed by atoms with Crippen LogP contribution in [0.5, 0.6) is 0 Å². The van der Waals surface area contributed by atoms with E-state index in [1.54, 1.807) is 18.2 Å².